The summed E-state index contributed by atoms with van der Waals surface area (Å²) >= 11 is 1.64. The predicted octanol–water partition coefficient (Wildman–Crippen LogP) is 3.24. The molecule has 0 spiro atoms. The van der Waals surface area contributed by atoms with E-state index in [-0.39, 0.29) is 11.3 Å². The zero-order valence-corrected chi connectivity index (χ0v) is 15.5. The van der Waals surface area contributed by atoms with Crippen molar-refractivity contribution in [1.82, 2.24) is 9.66 Å². The van der Waals surface area contributed by atoms with Crippen LogP contribution in [0.15, 0.2) is 28.1 Å². The molecule has 0 saturated heterocycles. The van der Waals surface area contributed by atoms with Crippen molar-refractivity contribution in [3.8, 4) is 11.5 Å². The Balaban J connectivity index is 1.80. The van der Waals surface area contributed by atoms with Gasteiger partial charge >= 0.3 is 0 Å². The summed E-state index contributed by atoms with van der Waals surface area (Å²) in [6.45, 7) is 1.79. The number of phenolic OH excluding ortho intramolecular Hbond substituents is 1. The molecule has 2 heterocycles. The molecule has 1 aliphatic carbocycles. The van der Waals surface area contributed by atoms with Crippen LogP contribution in [-0.4, -0.2) is 28.1 Å². The highest BCUT2D eigenvalue weighted by Crippen LogP contribution is 2.33. The monoisotopic (exact) mass is 369 g/mol. The van der Waals surface area contributed by atoms with Crippen molar-refractivity contribution < 1.29 is 9.84 Å². The number of aromatic hydroxyl groups is 1. The minimum absolute atomic E-state index is 0.0611. The standard InChI is InChI=1S/C19H19N3O3S/c1-11-21-18-17(13-5-3-4-6-16(13)26-18)19(24)22(11)20-10-12-7-8-14(23)15(9-12)25-2/h7-10,23H,3-6H2,1-2H3/b20-10+. The Labute approximate surface area is 154 Å². The van der Waals surface area contributed by atoms with E-state index in [9.17, 15) is 9.90 Å². The average Bonchev–Trinajstić information content (AvgIpc) is 3.00. The molecule has 0 saturated carbocycles. The number of nitrogens with zero attached hydrogens (tertiary/aromatic N) is 3. The summed E-state index contributed by atoms with van der Waals surface area (Å²) in [5.74, 6) is 0.979. The van der Waals surface area contributed by atoms with Gasteiger partial charge in [0.2, 0.25) is 0 Å². The fraction of sp³-hybridized carbons (Fsp3) is 0.316. The number of aryl methyl sites for hydroxylation is 3. The van der Waals surface area contributed by atoms with Crippen LogP contribution in [0.4, 0.5) is 0 Å². The molecule has 1 N–H and O–H groups in total. The van der Waals surface area contributed by atoms with Crippen LogP contribution in [-0.2, 0) is 12.8 Å². The molecule has 7 heteroatoms. The molecule has 4 rings (SSSR count). The lowest BCUT2D eigenvalue weighted by molar-refractivity contribution is 0.373. The normalized spacial score (nSPS) is 14.1. The van der Waals surface area contributed by atoms with Gasteiger partial charge in [-0.25, -0.2) is 4.98 Å². The van der Waals surface area contributed by atoms with Crippen molar-refractivity contribution in [2.45, 2.75) is 32.6 Å². The molecule has 134 valence electrons. The first-order chi connectivity index (χ1) is 12.6. The SMILES string of the molecule is COc1cc(/C=N/n2c(C)nc3sc4c(c3c2=O)CCCC4)ccc1O. The number of benzene rings is 1. The second-order valence-corrected chi connectivity index (χ2v) is 7.43. The molecule has 6 nitrogen and oxygen atoms in total. The van der Waals surface area contributed by atoms with Crippen LogP contribution in [0.3, 0.4) is 0 Å². The van der Waals surface area contributed by atoms with Crippen molar-refractivity contribution in [2.24, 2.45) is 5.10 Å². The summed E-state index contributed by atoms with van der Waals surface area (Å²) in [7, 11) is 1.49. The predicted molar refractivity (Wildman–Crippen MR) is 103 cm³/mol. The van der Waals surface area contributed by atoms with Crippen LogP contribution >= 0.6 is 11.3 Å². The lowest BCUT2D eigenvalue weighted by Gasteiger charge is -2.10. The van der Waals surface area contributed by atoms with E-state index in [1.165, 1.54) is 29.2 Å². The Morgan fingerprint density at radius 3 is 2.96 bits per heavy atom. The van der Waals surface area contributed by atoms with Gasteiger partial charge in [0.05, 0.1) is 18.7 Å². The molecule has 0 radical (unpaired) electrons. The van der Waals surface area contributed by atoms with Crippen molar-refractivity contribution in [3.63, 3.8) is 0 Å². The Hall–Kier alpha value is -2.67. The molecule has 26 heavy (non-hydrogen) atoms. The van der Waals surface area contributed by atoms with E-state index in [0.29, 0.717) is 11.6 Å². The number of hydrogen-bond donors (Lipinski definition) is 1. The van der Waals surface area contributed by atoms with Gasteiger partial charge in [-0.1, -0.05) is 0 Å². The van der Waals surface area contributed by atoms with E-state index in [1.54, 1.807) is 36.6 Å². The molecule has 0 unspecified atom stereocenters. The van der Waals surface area contributed by atoms with Crippen molar-refractivity contribution in [1.29, 1.82) is 0 Å². The van der Waals surface area contributed by atoms with Crippen LogP contribution < -0.4 is 10.3 Å². The number of rotatable bonds is 3. The first-order valence-corrected chi connectivity index (χ1v) is 9.35. The lowest BCUT2D eigenvalue weighted by atomic mass is 9.97. The molecule has 0 bridgehead atoms. The highest BCUT2D eigenvalue weighted by atomic mass is 32.1. The molecule has 0 aliphatic heterocycles. The van der Waals surface area contributed by atoms with Gasteiger partial charge in [-0.05, 0) is 61.9 Å². The molecule has 0 fully saturated rings. The van der Waals surface area contributed by atoms with Crippen molar-refractivity contribution >= 4 is 27.8 Å². The van der Waals surface area contributed by atoms with Gasteiger partial charge in [0.25, 0.3) is 5.56 Å². The van der Waals surface area contributed by atoms with Gasteiger partial charge in [0.15, 0.2) is 11.5 Å². The number of thiophene rings is 1. The van der Waals surface area contributed by atoms with Crippen LogP contribution in [0.2, 0.25) is 0 Å². The maximum absolute atomic E-state index is 13.0. The number of ether oxygens (including phenoxy) is 1. The Morgan fingerprint density at radius 2 is 2.15 bits per heavy atom. The Kier molecular flexibility index (Phi) is 4.24. The quantitative estimate of drug-likeness (QED) is 0.719. The summed E-state index contributed by atoms with van der Waals surface area (Å²) in [6.07, 6.45) is 5.83. The third-order valence-electron chi connectivity index (χ3n) is 4.65. The number of hydrogen-bond acceptors (Lipinski definition) is 6. The van der Waals surface area contributed by atoms with Crippen molar-refractivity contribution in [3.05, 3.63) is 50.4 Å². The highest BCUT2D eigenvalue weighted by molar-refractivity contribution is 7.18. The average molecular weight is 369 g/mol. The van der Waals surface area contributed by atoms with Gasteiger partial charge in [-0.2, -0.15) is 9.78 Å². The Morgan fingerprint density at radius 1 is 1.35 bits per heavy atom. The van der Waals surface area contributed by atoms with E-state index in [0.717, 1.165) is 40.6 Å². The topological polar surface area (TPSA) is 76.7 Å². The zero-order valence-electron chi connectivity index (χ0n) is 14.7. The minimum atomic E-state index is -0.117. The molecular formula is C19H19N3O3S. The first kappa shape index (κ1) is 16.8. The molecule has 3 aromatic rings. The number of phenols is 1. The summed E-state index contributed by atoms with van der Waals surface area (Å²) < 4.78 is 6.45. The number of methoxy groups -OCH3 is 1. The van der Waals surface area contributed by atoms with E-state index >= 15 is 0 Å². The van der Waals surface area contributed by atoms with E-state index in [2.05, 4.69) is 10.1 Å². The molecule has 0 amide bonds. The highest BCUT2D eigenvalue weighted by Gasteiger charge is 2.21. The molecule has 1 aromatic carbocycles. The van der Waals surface area contributed by atoms with Crippen LogP contribution in [0, 0.1) is 6.92 Å². The maximum Gasteiger partial charge on any atom is 0.283 e. The van der Waals surface area contributed by atoms with E-state index in [4.69, 9.17) is 4.74 Å². The second kappa shape index (κ2) is 6.57. The van der Waals surface area contributed by atoms with E-state index in [1.807, 2.05) is 0 Å². The van der Waals surface area contributed by atoms with Gasteiger partial charge in [-0.15, -0.1) is 11.3 Å². The largest absolute Gasteiger partial charge is 0.504 e. The van der Waals surface area contributed by atoms with E-state index < -0.39 is 0 Å². The van der Waals surface area contributed by atoms with Gasteiger partial charge < -0.3 is 9.84 Å². The van der Waals surface area contributed by atoms with Gasteiger partial charge in [0.1, 0.15) is 10.7 Å². The van der Waals surface area contributed by atoms with Crippen LogP contribution in [0.1, 0.15) is 34.7 Å². The van der Waals surface area contributed by atoms with Crippen LogP contribution in [0.5, 0.6) is 11.5 Å². The summed E-state index contributed by atoms with van der Waals surface area (Å²) in [6, 6.07) is 4.91. The smallest absolute Gasteiger partial charge is 0.283 e. The number of aromatic nitrogens is 2. The summed E-state index contributed by atoms with van der Waals surface area (Å²) in [5.41, 5.74) is 1.76. The lowest BCUT2D eigenvalue weighted by Crippen LogP contribution is -2.21. The second-order valence-electron chi connectivity index (χ2n) is 6.34. The van der Waals surface area contributed by atoms with Crippen molar-refractivity contribution in [2.75, 3.05) is 7.11 Å². The first-order valence-electron chi connectivity index (χ1n) is 8.53. The van der Waals surface area contributed by atoms with Gasteiger partial charge in [0, 0.05) is 4.88 Å². The fourth-order valence-corrected chi connectivity index (χ4v) is 4.63. The molecule has 0 atom stereocenters. The number of fused-ring (bicyclic) bond motifs is 3. The third kappa shape index (κ3) is 2.78. The molecule has 1 aliphatic rings. The third-order valence-corrected chi connectivity index (χ3v) is 5.84. The fourth-order valence-electron chi connectivity index (χ4n) is 3.33. The maximum atomic E-state index is 13.0. The summed E-state index contributed by atoms with van der Waals surface area (Å²) in [5, 5.41) is 14.7. The minimum Gasteiger partial charge on any atom is -0.504 e. The zero-order chi connectivity index (χ0) is 18.3. The molecule has 2 aromatic heterocycles. The summed E-state index contributed by atoms with van der Waals surface area (Å²) in [4.78, 5) is 19.7. The van der Waals surface area contributed by atoms with Gasteiger partial charge in [-0.3, -0.25) is 4.79 Å². The van der Waals surface area contributed by atoms with Crippen LogP contribution in [0.25, 0.3) is 10.2 Å². The molecular weight excluding hydrogens is 350 g/mol. The Bertz CT molecular complexity index is 1080.